The van der Waals surface area contributed by atoms with Crippen LogP contribution in [0.5, 0.6) is 0 Å². The van der Waals surface area contributed by atoms with Crippen LogP contribution < -0.4 is 0 Å². The SMILES string of the molecule is CC1CN(C(=O)Cc2ccn[nH]2)CCC1O. The number of aromatic amines is 1. The lowest BCUT2D eigenvalue weighted by molar-refractivity contribution is -0.134. The summed E-state index contributed by atoms with van der Waals surface area (Å²) in [6, 6.07) is 1.81. The smallest absolute Gasteiger partial charge is 0.228 e. The summed E-state index contributed by atoms with van der Waals surface area (Å²) in [5.74, 6) is 0.266. The number of hydrogen-bond acceptors (Lipinski definition) is 3. The lowest BCUT2D eigenvalue weighted by Crippen LogP contribution is -2.45. The number of H-pyrrole nitrogens is 1. The second-order valence-electron chi connectivity index (χ2n) is 4.43. The van der Waals surface area contributed by atoms with Crippen LogP contribution in [0.2, 0.25) is 0 Å². The van der Waals surface area contributed by atoms with Crippen LogP contribution in [0.25, 0.3) is 0 Å². The van der Waals surface area contributed by atoms with Crippen molar-refractivity contribution < 1.29 is 9.90 Å². The average Bonchev–Trinajstić information content (AvgIpc) is 2.74. The van der Waals surface area contributed by atoms with Gasteiger partial charge in [0.1, 0.15) is 0 Å². The third-order valence-corrected chi connectivity index (χ3v) is 3.11. The molecule has 1 saturated heterocycles. The molecule has 5 heteroatoms. The van der Waals surface area contributed by atoms with E-state index in [-0.39, 0.29) is 17.9 Å². The molecule has 1 aromatic rings. The number of hydrogen-bond donors (Lipinski definition) is 2. The summed E-state index contributed by atoms with van der Waals surface area (Å²) in [6.45, 7) is 3.27. The molecule has 2 unspecified atom stereocenters. The minimum atomic E-state index is -0.267. The number of rotatable bonds is 2. The van der Waals surface area contributed by atoms with E-state index in [4.69, 9.17) is 0 Å². The summed E-state index contributed by atoms with van der Waals surface area (Å²) in [5, 5.41) is 16.2. The molecule has 0 aromatic carbocycles. The zero-order chi connectivity index (χ0) is 11.5. The molecule has 2 atom stereocenters. The maximum absolute atomic E-state index is 11.9. The molecule has 0 bridgehead atoms. The molecule has 1 aliphatic heterocycles. The van der Waals surface area contributed by atoms with E-state index in [9.17, 15) is 9.90 Å². The van der Waals surface area contributed by atoms with Gasteiger partial charge in [-0.05, 0) is 18.4 Å². The number of aliphatic hydroxyl groups excluding tert-OH is 1. The van der Waals surface area contributed by atoms with Crippen molar-refractivity contribution in [1.82, 2.24) is 15.1 Å². The summed E-state index contributed by atoms with van der Waals surface area (Å²) >= 11 is 0. The predicted molar refractivity (Wildman–Crippen MR) is 58.7 cm³/mol. The van der Waals surface area contributed by atoms with E-state index >= 15 is 0 Å². The summed E-state index contributed by atoms with van der Waals surface area (Å²) in [4.78, 5) is 13.7. The number of amides is 1. The second kappa shape index (κ2) is 4.65. The number of piperidine rings is 1. The zero-order valence-corrected chi connectivity index (χ0v) is 9.39. The van der Waals surface area contributed by atoms with Gasteiger partial charge in [-0.2, -0.15) is 5.10 Å². The first-order valence-corrected chi connectivity index (χ1v) is 5.61. The summed E-state index contributed by atoms with van der Waals surface area (Å²) in [5.41, 5.74) is 0.837. The van der Waals surface area contributed by atoms with Gasteiger partial charge in [0.05, 0.1) is 12.5 Å². The van der Waals surface area contributed by atoms with E-state index in [1.807, 2.05) is 11.8 Å². The van der Waals surface area contributed by atoms with Gasteiger partial charge in [0, 0.05) is 25.0 Å². The van der Waals surface area contributed by atoms with Gasteiger partial charge in [0.2, 0.25) is 5.91 Å². The molecule has 0 saturated carbocycles. The first kappa shape index (κ1) is 11.1. The largest absolute Gasteiger partial charge is 0.393 e. The van der Waals surface area contributed by atoms with Crippen molar-refractivity contribution in [2.75, 3.05) is 13.1 Å². The highest BCUT2D eigenvalue weighted by molar-refractivity contribution is 5.78. The Morgan fingerprint density at radius 1 is 1.75 bits per heavy atom. The molecule has 2 N–H and O–H groups in total. The Balaban J connectivity index is 1.90. The predicted octanol–water partition coefficient (Wildman–Crippen LogP) is 0.181. The van der Waals surface area contributed by atoms with Crippen LogP contribution in [-0.2, 0) is 11.2 Å². The van der Waals surface area contributed by atoms with Gasteiger partial charge in [-0.25, -0.2) is 0 Å². The Bertz CT molecular complexity index is 350. The molecular formula is C11H17N3O2. The van der Waals surface area contributed by atoms with Crippen LogP contribution in [0.4, 0.5) is 0 Å². The fourth-order valence-electron chi connectivity index (χ4n) is 2.02. The van der Waals surface area contributed by atoms with Crippen LogP contribution in [0.1, 0.15) is 19.0 Å². The van der Waals surface area contributed by atoms with Crippen molar-refractivity contribution in [3.8, 4) is 0 Å². The van der Waals surface area contributed by atoms with Crippen LogP contribution in [0.15, 0.2) is 12.3 Å². The van der Waals surface area contributed by atoms with Crippen molar-refractivity contribution in [2.24, 2.45) is 5.92 Å². The van der Waals surface area contributed by atoms with Gasteiger partial charge < -0.3 is 10.0 Å². The number of aromatic nitrogens is 2. The molecule has 5 nitrogen and oxygen atoms in total. The number of likely N-dealkylation sites (tertiary alicyclic amines) is 1. The van der Waals surface area contributed by atoms with Crippen LogP contribution in [0.3, 0.4) is 0 Å². The van der Waals surface area contributed by atoms with Crippen LogP contribution >= 0.6 is 0 Å². The average molecular weight is 223 g/mol. The van der Waals surface area contributed by atoms with Crippen molar-refractivity contribution in [3.63, 3.8) is 0 Å². The number of nitrogens with zero attached hydrogens (tertiary/aromatic N) is 2. The van der Waals surface area contributed by atoms with Gasteiger partial charge in [0.15, 0.2) is 0 Å². The Kier molecular flexibility index (Phi) is 3.24. The van der Waals surface area contributed by atoms with E-state index in [2.05, 4.69) is 10.2 Å². The summed E-state index contributed by atoms with van der Waals surface area (Å²) in [6.07, 6.45) is 2.42. The molecule has 1 fully saturated rings. The monoisotopic (exact) mass is 223 g/mol. The van der Waals surface area contributed by atoms with Gasteiger partial charge in [-0.3, -0.25) is 9.89 Å². The third kappa shape index (κ3) is 2.41. The number of carbonyl (C=O) groups is 1. The number of nitrogens with one attached hydrogen (secondary N) is 1. The van der Waals surface area contributed by atoms with Crippen molar-refractivity contribution in [3.05, 3.63) is 18.0 Å². The minimum Gasteiger partial charge on any atom is -0.393 e. The van der Waals surface area contributed by atoms with Crippen molar-refractivity contribution >= 4 is 5.91 Å². The molecular weight excluding hydrogens is 206 g/mol. The van der Waals surface area contributed by atoms with E-state index in [0.29, 0.717) is 25.9 Å². The van der Waals surface area contributed by atoms with E-state index in [1.165, 1.54) is 0 Å². The van der Waals surface area contributed by atoms with E-state index in [1.54, 1.807) is 12.3 Å². The fourth-order valence-corrected chi connectivity index (χ4v) is 2.02. The fraction of sp³-hybridized carbons (Fsp3) is 0.636. The van der Waals surface area contributed by atoms with Crippen LogP contribution in [0, 0.1) is 5.92 Å². The Labute approximate surface area is 94.5 Å². The Morgan fingerprint density at radius 2 is 2.56 bits per heavy atom. The summed E-state index contributed by atoms with van der Waals surface area (Å²) in [7, 11) is 0. The number of aliphatic hydroxyl groups is 1. The normalized spacial score (nSPS) is 25.8. The molecule has 1 amide bonds. The lowest BCUT2D eigenvalue weighted by Gasteiger charge is -2.34. The van der Waals surface area contributed by atoms with Crippen molar-refractivity contribution in [2.45, 2.75) is 25.9 Å². The molecule has 2 rings (SSSR count). The van der Waals surface area contributed by atoms with Crippen molar-refractivity contribution in [1.29, 1.82) is 0 Å². The van der Waals surface area contributed by atoms with Gasteiger partial charge in [-0.1, -0.05) is 6.92 Å². The highest BCUT2D eigenvalue weighted by atomic mass is 16.3. The molecule has 88 valence electrons. The van der Waals surface area contributed by atoms with E-state index in [0.717, 1.165) is 5.69 Å². The van der Waals surface area contributed by atoms with Gasteiger partial charge in [-0.15, -0.1) is 0 Å². The first-order valence-electron chi connectivity index (χ1n) is 5.61. The third-order valence-electron chi connectivity index (χ3n) is 3.11. The number of carbonyl (C=O) groups excluding carboxylic acids is 1. The zero-order valence-electron chi connectivity index (χ0n) is 9.39. The standard InChI is InChI=1S/C11H17N3O2/c1-8-7-14(5-3-10(8)15)11(16)6-9-2-4-12-13-9/h2,4,8,10,15H,3,5-7H2,1H3,(H,12,13). The van der Waals surface area contributed by atoms with E-state index < -0.39 is 0 Å². The summed E-state index contributed by atoms with van der Waals surface area (Å²) < 4.78 is 0. The molecule has 0 radical (unpaired) electrons. The van der Waals surface area contributed by atoms with Gasteiger partial charge in [0.25, 0.3) is 0 Å². The minimum absolute atomic E-state index is 0.100. The Morgan fingerprint density at radius 3 is 3.19 bits per heavy atom. The highest BCUT2D eigenvalue weighted by Gasteiger charge is 2.27. The molecule has 1 aliphatic rings. The lowest BCUT2D eigenvalue weighted by atomic mass is 9.96. The Hall–Kier alpha value is -1.36. The van der Waals surface area contributed by atoms with Gasteiger partial charge >= 0.3 is 0 Å². The molecule has 0 spiro atoms. The topological polar surface area (TPSA) is 69.2 Å². The second-order valence-corrected chi connectivity index (χ2v) is 4.43. The maximum Gasteiger partial charge on any atom is 0.228 e. The molecule has 16 heavy (non-hydrogen) atoms. The first-order chi connectivity index (χ1) is 7.66. The maximum atomic E-state index is 11.9. The molecule has 2 heterocycles. The highest BCUT2D eigenvalue weighted by Crippen LogP contribution is 2.17. The molecule has 0 aliphatic carbocycles. The van der Waals surface area contributed by atoms with Crippen LogP contribution in [-0.4, -0.2) is 45.3 Å². The quantitative estimate of drug-likeness (QED) is 0.751. The molecule has 1 aromatic heterocycles.